The molecule has 3 heterocycles. The maximum absolute atomic E-state index is 13.6. The first-order chi connectivity index (χ1) is 17.1. The third-order valence-electron chi connectivity index (χ3n) is 6.76. The van der Waals surface area contributed by atoms with E-state index >= 15 is 0 Å². The van der Waals surface area contributed by atoms with Gasteiger partial charge in [0.05, 0.1) is 25.2 Å². The molecule has 2 atom stereocenters. The average Bonchev–Trinajstić information content (AvgIpc) is 3.40. The van der Waals surface area contributed by atoms with Gasteiger partial charge in [-0.1, -0.05) is 17.3 Å². The molecule has 0 bridgehead atoms. The minimum Gasteiger partial charge on any atom is -0.378 e. The van der Waals surface area contributed by atoms with E-state index in [1.165, 1.54) is 12.1 Å². The van der Waals surface area contributed by atoms with Crippen LogP contribution in [0.4, 0.5) is 15.8 Å². The summed E-state index contributed by atoms with van der Waals surface area (Å²) in [6.07, 6.45) is 1.83. The number of ether oxygens (including phenoxy) is 1. The fraction of sp³-hybridized carbons (Fsp3) is 0.423. The third kappa shape index (κ3) is 5.52. The van der Waals surface area contributed by atoms with E-state index in [-0.39, 0.29) is 23.7 Å². The van der Waals surface area contributed by atoms with E-state index in [1.807, 2.05) is 31.2 Å². The number of hydrogen-bond donors (Lipinski definition) is 1. The number of anilines is 2. The number of nitrogens with zero attached hydrogens (tertiary/aromatic N) is 4. The molecule has 9 heteroatoms. The van der Waals surface area contributed by atoms with Gasteiger partial charge in [-0.15, -0.1) is 0 Å². The number of nitrogens with one attached hydrogen (secondary N) is 1. The lowest BCUT2D eigenvalue weighted by atomic mass is 9.96. The Hall–Kier alpha value is -3.30. The topological polar surface area (TPSA) is 83.7 Å². The minimum absolute atomic E-state index is 0.0293. The summed E-state index contributed by atoms with van der Waals surface area (Å²) in [5.41, 5.74) is 2.50. The Bertz CT molecular complexity index is 1150. The number of piperidine rings is 1. The van der Waals surface area contributed by atoms with Crippen LogP contribution >= 0.6 is 0 Å². The van der Waals surface area contributed by atoms with Gasteiger partial charge in [-0.05, 0) is 62.7 Å². The van der Waals surface area contributed by atoms with Gasteiger partial charge >= 0.3 is 0 Å². The summed E-state index contributed by atoms with van der Waals surface area (Å²) in [6, 6.07) is 13.8. The second-order valence-corrected chi connectivity index (χ2v) is 9.11. The van der Waals surface area contributed by atoms with Crippen molar-refractivity contribution in [3.8, 4) is 11.4 Å². The Kier molecular flexibility index (Phi) is 7.06. The molecule has 8 nitrogen and oxygen atoms in total. The molecule has 0 saturated carbocycles. The lowest BCUT2D eigenvalue weighted by Gasteiger charge is -2.34. The monoisotopic (exact) mass is 479 g/mol. The first-order valence-corrected chi connectivity index (χ1v) is 12.1. The number of hydrogen-bond acceptors (Lipinski definition) is 7. The van der Waals surface area contributed by atoms with Crippen molar-refractivity contribution in [1.82, 2.24) is 15.0 Å². The Morgan fingerprint density at radius 3 is 2.71 bits per heavy atom. The number of aromatic nitrogens is 2. The second-order valence-electron chi connectivity index (χ2n) is 9.11. The molecule has 2 aliphatic rings. The van der Waals surface area contributed by atoms with E-state index in [9.17, 15) is 9.18 Å². The van der Waals surface area contributed by atoms with Crippen molar-refractivity contribution in [1.29, 1.82) is 0 Å². The van der Waals surface area contributed by atoms with E-state index in [0.29, 0.717) is 23.8 Å². The fourth-order valence-electron chi connectivity index (χ4n) is 4.70. The van der Waals surface area contributed by atoms with Crippen molar-refractivity contribution in [3.05, 3.63) is 60.2 Å². The largest absolute Gasteiger partial charge is 0.378 e. The van der Waals surface area contributed by atoms with Crippen LogP contribution in [0.25, 0.3) is 11.4 Å². The third-order valence-corrected chi connectivity index (χ3v) is 6.76. The molecule has 0 spiro atoms. The average molecular weight is 480 g/mol. The first-order valence-electron chi connectivity index (χ1n) is 12.1. The highest BCUT2D eigenvalue weighted by molar-refractivity contribution is 5.94. The van der Waals surface area contributed by atoms with Crippen LogP contribution in [0.3, 0.4) is 0 Å². The van der Waals surface area contributed by atoms with Crippen LogP contribution < -0.4 is 10.2 Å². The molecule has 184 valence electrons. The molecule has 1 aromatic heterocycles. The minimum atomic E-state index is -0.340. The lowest BCUT2D eigenvalue weighted by Crippen LogP contribution is -2.46. The fourth-order valence-corrected chi connectivity index (χ4v) is 4.70. The molecular formula is C26H30FN5O3. The van der Waals surface area contributed by atoms with E-state index < -0.39 is 0 Å². The van der Waals surface area contributed by atoms with E-state index in [0.717, 1.165) is 57.1 Å². The van der Waals surface area contributed by atoms with Gasteiger partial charge in [0.1, 0.15) is 5.82 Å². The molecule has 0 radical (unpaired) electrons. The maximum Gasteiger partial charge on any atom is 0.241 e. The van der Waals surface area contributed by atoms with Gasteiger partial charge in [0.2, 0.25) is 17.6 Å². The van der Waals surface area contributed by atoms with Crippen molar-refractivity contribution in [2.75, 3.05) is 49.6 Å². The quantitative estimate of drug-likeness (QED) is 0.574. The van der Waals surface area contributed by atoms with Gasteiger partial charge in [0.15, 0.2) is 0 Å². The molecule has 1 amide bonds. The summed E-state index contributed by atoms with van der Waals surface area (Å²) < 4.78 is 24.5. The van der Waals surface area contributed by atoms with Gasteiger partial charge in [-0.2, -0.15) is 4.98 Å². The van der Waals surface area contributed by atoms with Crippen LogP contribution in [0, 0.1) is 5.82 Å². The van der Waals surface area contributed by atoms with E-state index in [2.05, 4.69) is 25.3 Å². The molecule has 1 N–H and O–H groups in total. The summed E-state index contributed by atoms with van der Waals surface area (Å²) in [5, 5.41) is 7.09. The van der Waals surface area contributed by atoms with Crippen LogP contribution in [0.2, 0.25) is 0 Å². The van der Waals surface area contributed by atoms with Crippen LogP contribution in [-0.2, 0) is 9.53 Å². The van der Waals surface area contributed by atoms with Gasteiger partial charge in [-0.3, -0.25) is 9.69 Å². The van der Waals surface area contributed by atoms with Crippen molar-refractivity contribution in [2.45, 2.75) is 31.7 Å². The van der Waals surface area contributed by atoms with Crippen molar-refractivity contribution in [3.63, 3.8) is 0 Å². The zero-order valence-electron chi connectivity index (χ0n) is 19.8. The first kappa shape index (κ1) is 23.4. The Morgan fingerprint density at radius 2 is 1.94 bits per heavy atom. The smallest absolute Gasteiger partial charge is 0.241 e. The maximum atomic E-state index is 13.6. The van der Waals surface area contributed by atoms with Crippen molar-refractivity contribution >= 4 is 17.3 Å². The Labute approximate surface area is 204 Å². The van der Waals surface area contributed by atoms with Gasteiger partial charge in [-0.25, -0.2) is 4.39 Å². The van der Waals surface area contributed by atoms with Gasteiger partial charge < -0.3 is 19.5 Å². The zero-order valence-corrected chi connectivity index (χ0v) is 19.8. The number of amides is 1. The second kappa shape index (κ2) is 10.5. The molecule has 2 saturated heterocycles. The predicted octanol–water partition coefficient (Wildman–Crippen LogP) is 3.92. The van der Waals surface area contributed by atoms with Crippen molar-refractivity contribution in [2.24, 2.45) is 0 Å². The molecule has 2 aromatic carbocycles. The number of likely N-dealkylation sites (tertiary alicyclic amines) is 1. The summed E-state index contributed by atoms with van der Waals surface area (Å²) in [5.74, 6) is 0.550. The summed E-state index contributed by atoms with van der Waals surface area (Å²) in [4.78, 5) is 21.9. The molecule has 2 unspecified atom stereocenters. The lowest BCUT2D eigenvalue weighted by molar-refractivity contribution is -0.121. The summed E-state index contributed by atoms with van der Waals surface area (Å²) in [6.45, 7) is 6.63. The highest BCUT2D eigenvalue weighted by Gasteiger charge is 2.31. The zero-order chi connectivity index (χ0) is 24.2. The van der Waals surface area contributed by atoms with Crippen LogP contribution in [0.5, 0.6) is 0 Å². The van der Waals surface area contributed by atoms with Crippen molar-refractivity contribution < 1.29 is 18.4 Å². The molecular weight excluding hydrogens is 449 g/mol. The predicted molar refractivity (Wildman–Crippen MR) is 131 cm³/mol. The van der Waals surface area contributed by atoms with E-state index in [1.54, 1.807) is 12.1 Å². The summed E-state index contributed by atoms with van der Waals surface area (Å²) >= 11 is 0. The Balaban J connectivity index is 1.19. The van der Waals surface area contributed by atoms with Gasteiger partial charge in [0, 0.05) is 36.6 Å². The molecule has 3 aromatic rings. The number of carbonyl (C=O) groups is 1. The number of benzene rings is 2. The number of rotatable bonds is 6. The molecule has 2 aliphatic heterocycles. The van der Waals surface area contributed by atoms with Gasteiger partial charge in [0.25, 0.3) is 0 Å². The Morgan fingerprint density at radius 1 is 1.14 bits per heavy atom. The molecule has 0 aliphatic carbocycles. The van der Waals surface area contributed by atoms with Crippen LogP contribution in [0.15, 0.2) is 53.1 Å². The van der Waals surface area contributed by atoms with Crippen LogP contribution in [0.1, 0.15) is 31.6 Å². The highest BCUT2D eigenvalue weighted by Crippen LogP contribution is 2.29. The van der Waals surface area contributed by atoms with E-state index in [4.69, 9.17) is 9.26 Å². The normalized spacial score (nSPS) is 19.9. The molecule has 35 heavy (non-hydrogen) atoms. The molecule has 2 fully saturated rings. The number of halogens is 1. The van der Waals surface area contributed by atoms with Crippen LogP contribution in [-0.4, -0.2) is 66.4 Å². The standard InChI is InChI=1S/C26H30FN5O3/c1-18(25(33)28-22-7-9-23(10-8-22)31-12-14-34-15-13-31)32-11-3-5-20(17-32)26-29-24(30-35-26)19-4-2-6-21(27)16-19/h2,4,6-10,16,18,20H,3,5,11-15,17H2,1H3,(H,28,33). The highest BCUT2D eigenvalue weighted by atomic mass is 19.1. The number of carbonyl (C=O) groups excluding carboxylic acids is 1. The number of morpholine rings is 1. The molecule has 5 rings (SSSR count). The summed E-state index contributed by atoms with van der Waals surface area (Å²) in [7, 11) is 0. The SMILES string of the molecule is CC(C(=O)Nc1ccc(N2CCOCC2)cc1)N1CCCC(c2nc(-c3cccc(F)c3)no2)C1.